The van der Waals surface area contributed by atoms with E-state index in [4.69, 9.17) is 0 Å². The van der Waals surface area contributed by atoms with Gasteiger partial charge in [-0.2, -0.15) is 0 Å². The lowest BCUT2D eigenvalue weighted by molar-refractivity contribution is -0.00213. The molecule has 2 aliphatic carbocycles. The molecule has 82 valence electrons. The van der Waals surface area contributed by atoms with E-state index in [9.17, 15) is 5.11 Å². The van der Waals surface area contributed by atoms with Gasteiger partial charge in [-0.05, 0) is 36.5 Å². The largest absolute Gasteiger partial charge is 0.393 e. The summed E-state index contributed by atoms with van der Waals surface area (Å²) in [6, 6.07) is 0. The summed E-state index contributed by atoms with van der Waals surface area (Å²) in [7, 11) is 0. The summed E-state index contributed by atoms with van der Waals surface area (Å²) >= 11 is 0. The Morgan fingerprint density at radius 2 is 1.93 bits per heavy atom. The SMILES string of the molecule is CC1(C)CCCCC1C(O)CC1CC1. The van der Waals surface area contributed by atoms with Crippen LogP contribution >= 0.6 is 0 Å². The molecule has 0 aromatic heterocycles. The first-order chi connectivity index (χ1) is 6.59. The molecule has 0 heterocycles. The van der Waals surface area contributed by atoms with Gasteiger partial charge < -0.3 is 5.11 Å². The molecular weight excluding hydrogens is 172 g/mol. The van der Waals surface area contributed by atoms with Gasteiger partial charge in [-0.25, -0.2) is 0 Å². The van der Waals surface area contributed by atoms with Crippen molar-refractivity contribution in [2.45, 2.75) is 64.9 Å². The fourth-order valence-corrected chi connectivity index (χ4v) is 3.09. The zero-order valence-corrected chi connectivity index (χ0v) is 9.63. The molecule has 0 saturated heterocycles. The molecule has 2 unspecified atom stereocenters. The van der Waals surface area contributed by atoms with Crippen LogP contribution in [0.1, 0.15) is 58.8 Å². The van der Waals surface area contributed by atoms with Crippen molar-refractivity contribution in [3.8, 4) is 0 Å². The molecule has 2 atom stereocenters. The molecule has 14 heavy (non-hydrogen) atoms. The van der Waals surface area contributed by atoms with Crippen LogP contribution in [-0.4, -0.2) is 11.2 Å². The van der Waals surface area contributed by atoms with E-state index in [1.54, 1.807) is 0 Å². The highest BCUT2D eigenvalue weighted by atomic mass is 16.3. The van der Waals surface area contributed by atoms with Crippen LogP contribution in [-0.2, 0) is 0 Å². The van der Waals surface area contributed by atoms with Crippen LogP contribution in [0.5, 0.6) is 0 Å². The Balaban J connectivity index is 1.91. The number of hydrogen-bond acceptors (Lipinski definition) is 1. The van der Waals surface area contributed by atoms with E-state index >= 15 is 0 Å². The first-order valence-electron chi connectivity index (χ1n) is 6.28. The zero-order chi connectivity index (χ0) is 10.2. The Kier molecular flexibility index (Phi) is 2.88. The molecule has 2 saturated carbocycles. The van der Waals surface area contributed by atoms with E-state index in [-0.39, 0.29) is 6.10 Å². The molecule has 0 spiro atoms. The molecule has 0 aliphatic heterocycles. The van der Waals surface area contributed by atoms with Crippen LogP contribution in [0.4, 0.5) is 0 Å². The third-order valence-corrected chi connectivity index (χ3v) is 4.33. The lowest BCUT2D eigenvalue weighted by atomic mass is 9.66. The second kappa shape index (κ2) is 3.84. The summed E-state index contributed by atoms with van der Waals surface area (Å²) in [4.78, 5) is 0. The second-order valence-corrected chi connectivity index (χ2v) is 6.09. The smallest absolute Gasteiger partial charge is 0.0576 e. The van der Waals surface area contributed by atoms with Crippen LogP contribution in [0.3, 0.4) is 0 Å². The van der Waals surface area contributed by atoms with Gasteiger partial charge in [0, 0.05) is 0 Å². The van der Waals surface area contributed by atoms with Crippen molar-refractivity contribution >= 4 is 0 Å². The number of rotatable bonds is 3. The first-order valence-corrected chi connectivity index (χ1v) is 6.28. The second-order valence-electron chi connectivity index (χ2n) is 6.09. The van der Waals surface area contributed by atoms with Gasteiger partial charge in [0.05, 0.1) is 6.10 Å². The van der Waals surface area contributed by atoms with Crippen molar-refractivity contribution in [2.75, 3.05) is 0 Å². The Morgan fingerprint density at radius 1 is 1.21 bits per heavy atom. The average Bonchev–Trinajstić information content (AvgIpc) is 2.87. The number of aliphatic hydroxyl groups is 1. The van der Waals surface area contributed by atoms with E-state index in [0.717, 1.165) is 12.3 Å². The lowest BCUT2D eigenvalue weighted by Crippen LogP contribution is -2.37. The van der Waals surface area contributed by atoms with Crippen molar-refractivity contribution in [1.29, 1.82) is 0 Å². The molecule has 0 amide bonds. The highest BCUT2D eigenvalue weighted by molar-refractivity contribution is 4.89. The van der Waals surface area contributed by atoms with Crippen LogP contribution in [0.15, 0.2) is 0 Å². The van der Waals surface area contributed by atoms with Crippen molar-refractivity contribution in [3.05, 3.63) is 0 Å². The zero-order valence-electron chi connectivity index (χ0n) is 9.63. The fourth-order valence-electron chi connectivity index (χ4n) is 3.09. The van der Waals surface area contributed by atoms with Gasteiger partial charge in [0.25, 0.3) is 0 Å². The minimum atomic E-state index is -0.0159. The highest BCUT2D eigenvalue weighted by Crippen LogP contribution is 2.45. The van der Waals surface area contributed by atoms with Crippen molar-refractivity contribution in [1.82, 2.24) is 0 Å². The first kappa shape index (κ1) is 10.5. The Morgan fingerprint density at radius 3 is 2.50 bits per heavy atom. The van der Waals surface area contributed by atoms with Gasteiger partial charge in [-0.15, -0.1) is 0 Å². The van der Waals surface area contributed by atoms with Gasteiger partial charge in [-0.1, -0.05) is 39.5 Å². The quantitative estimate of drug-likeness (QED) is 0.734. The molecule has 0 aromatic carbocycles. The summed E-state index contributed by atoms with van der Waals surface area (Å²) in [6.07, 6.45) is 9.04. The Hall–Kier alpha value is -0.0400. The van der Waals surface area contributed by atoms with E-state index in [0.29, 0.717) is 11.3 Å². The maximum Gasteiger partial charge on any atom is 0.0576 e. The lowest BCUT2D eigenvalue weighted by Gasteiger charge is -2.41. The molecule has 0 aromatic rings. The van der Waals surface area contributed by atoms with Crippen LogP contribution < -0.4 is 0 Å². The van der Waals surface area contributed by atoms with Crippen LogP contribution in [0.2, 0.25) is 0 Å². The van der Waals surface area contributed by atoms with Gasteiger partial charge in [-0.3, -0.25) is 0 Å². The van der Waals surface area contributed by atoms with E-state index in [1.807, 2.05) is 0 Å². The molecule has 2 fully saturated rings. The Bertz CT molecular complexity index is 193. The molecule has 0 radical (unpaired) electrons. The molecule has 1 N–H and O–H groups in total. The number of hydrogen-bond donors (Lipinski definition) is 1. The van der Waals surface area contributed by atoms with Gasteiger partial charge in [0.1, 0.15) is 0 Å². The summed E-state index contributed by atoms with van der Waals surface area (Å²) in [6.45, 7) is 4.68. The standard InChI is InChI=1S/C13H24O/c1-13(2)8-4-3-5-11(13)12(14)9-10-6-7-10/h10-12,14H,3-9H2,1-2H3. The minimum absolute atomic E-state index is 0.0159. The molecular formula is C13H24O. The average molecular weight is 196 g/mol. The summed E-state index contributed by atoms with van der Waals surface area (Å²) in [5.74, 6) is 1.43. The predicted molar refractivity (Wildman–Crippen MR) is 59.1 cm³/mol. The summed E-state index contributed by atoms with van der Waals surface area (Å²) in [5.41, 5.74) is 0.382. The third-order valence-electron chi connectivity index (χ3n) is 4.33. The van der Waals surface area contributed by atoms with Crippen molar-refractivity contribution < 1.29 is 5.11 Å². The van der Waals surface area contributed by atoms with E-state index in [1.165, 1.54) is 38.5 Å². The van der Waals surface area contributed by atoms with Gasteiger partial charge in [0.15, 0.2) is 0 Å². The summed E-state index contributed by atoms with van der Waals surface area (Å²) < 4.78 is 0. The van der Waals surface area contributed by atoms with Crippen LogP contribution in [0.25, 0.3) is 0 Å². The highest BCUT2D eigenvalue weighted by Gasteiger charge is 2.38. The van der Waals surface area contributed by atoms with E-state index < -0.39 is 0 Å². The van der Waals surface area contributed by atoms with Crippen molar-refractivity contribution in [3.63, 3.8) is 0 Å². The number of aliphatic hydroxyl groups excluding tert-OH is 1. The summed E-state index contributed by atoms with van der Waals surface area (Å²) in [5, 5.41) is 10.2. The maximum absolute atomic E-state index is 10.2. The maximum atomic E-state index is 10.2. The van der Waals surface area contributed by atoms with Gasteiger partial charge >= 0.3 is 0 Å². The van der Waals surface area contributed by atoms with Gasteiger partial charge in [0.2, 0.25) is 0 Å². The minimum Gasteiger partial charge on any atom is -0.393 e. The predicted octanol–water partition coefficient (Wildman–Crippen LogP) is 3.36. The molecule has 1 heteroatoms. The fraction of sp³-hybridized carbons (Fsp3) is 1.00. The monoisotopic (exact) mass is 196 g/mol. The topological polar surface area (TPSA) is 20.2 Å². The Labute approximate surface area is 87.9 Å². The molecule has 1 nitrogen and oxygen atoms in total. The molecule has 2 aliphatic rings. The van der Waals surface area contributed by atoms with Crippen LogP contribution in [0, 0.1) is 17.3 Å². The van der Waals surface area contributed by atoms with E-state index in [2.05, 4.69) is 13.8 Å². The molecule has 0 bridgehead atoms. The third kappa shape index (κ3) is 2.31. The normalized spacial score (nSPS) is 34.1. The van der Waals surface area contributed by atoms with Crippen molar-refractivity contribution in [2.24, 2.45) is 17.3 Å². The molecule has 2 rings (SSSR count).